The molecule has 0 saturated carbocycles. The number of amides is 1. The van der Waals surface area contributed by atoms with Crippen LogP contribution >= 0.6 is 11.3 Å². The minimum Gasteiger partial charge on any atom is -0.452 e. The Bertz CT molecular complexity index is 702. The number of carbonyl (C=O) groups is 2. The first-order valence-electron chi connectivity index (χ1n) is 7.28. The van der Waals surface area contributed by atoms with E-state index in [0.717, 1.165) is 15.2 Å². The van der Waals surface area contributed by atoms with Gasteiger partial charge in [-0.25, -0.2) is 9.78 Å². The maximum Gasteiger partial charge on any atom is 0.331 e. The van der Waals surface area contributed by atoms with Gasteiger partial charge in [-0.15, -0.1) is 11.3 Å². The first-order valence-corrected chi connectivity index (χ1v) is 8.10. The standard InChI is InChI=1S/C16H16N2O4S/c19-15(18-7-9-21-10-8-18)11-22-16(20)6-5-14-17-12-3-1-2-4-13(12)23-14/h1-6H,7-11H2/b6-5+. The van der Waals surface area contributed by atoms with Crippen molar-refractivity contribution in [3.05, 3.63) is 35.3 Å². The number of hydrogen-bond donors (Lipinski definition) is 0. The van der Waals surface area contributed by atoms with Crippen LogP contribution in [-0.2, 0) is 19.1 Å². The van der Waals surface area contributed by atoms with Gasteiger partial charge < -0.3 is 14.4 Å². The van der Waals surface area contributed by atoms with Crippen LogP contribution in [0.4, 0.5) is 0 Å². The summed E-state index contributed by atoms with van der Waals surface area (Å²) in [6, 6.07) is 7.76. The average molecular weight is 332 g/mol. The molecule has 1 saturated heterocycles. The van der Waals surface area contributed by atoms with Crippen LogP contribution in [0.25, 0.3) is 16.3 Å². The Hall–Kier alpha value is -2.25. The van der Waals surface area contributed by atoms with Crippen molar-refractivity contribution < 1.29 is 19.1 Å². The van der Waals surface area contributed by atoms with E-state index in [1.54, 1.807) is 11.0 Å². The lowest BCUT2D eigenvalue weighted by molar-refractivity contribution is -0.150. The van der Waals surface area contributed by atoms with Crippen LogP contribution in [0.5, 0.6) is 0 Å². The molecule has 120 valence electrons. The molecule has 0 bridgehead atoms. The Labute approximate surface area is 137 Å². The summed E-state index contributed by atoms with van der Waals surface area (Å²) in [6.07, 6.45) is 2.90. The fraction of sp³-hybridized carbons (Fsp3) is 0.312. The number of rotatable bonds is 4. The van der Waals surface area contributed by atoms with Gasteiger partial charge in [0, 0.05) is 19.2 Å². The number of aromatic nitrogens is 1. The minimum atomic E-state index is -0.550. The molecule has 2 aromatic rings. The van der Waals surface area contributed by atoms with Crippen LogP contribution in [-0.4, -0.2) is 54.7 Å². The molecule has 0 aliphatic carbocycles. The maximum atomic E-state index is 11.9. The second-order valence-electron chi connectivity index (χ2n) is 4.95. The summed E-state index contributed by atoms with van der Waals surface area (Å²) in [5, 5.41) is 0.725. The van der Waals surface area contributed by atoms with Crippen molar-refractivity contribution >= 4 is 39.5 Å². The number of fused-ring (bicyclic) bond motifs is 1. The number of esters is 1. The van der Waals surface area contributed by atoms with Crippen molar-refractivity contribution in [2.75, 3.05) is 32.9 Å². The van der Waals surface area contributed by atoms with Gasteiger partial charge in [0.2, 0.25) is 0 Å². The second kappa shape index (κ2) is 7.34. The van der Waals surface area contributed by atoms with E-state index in [1.165, 1.54) is 17.4 Å². The van der Waals surface area contributed by atoms with Gasteiger partial charge in [0.05, 0.1) is 23.4 Å². The summed E-state index contributed by atoms with van der Waals surface area (Å²) in [5.74, 6) is -0.749. The van der Waals surface area contributed by atoms with E-state index in [0.29, 0.717) is 26.3 Å². The minimum absolute atomic E-state index is 0.199. The fourth-order valence-electron chi connectivity index (χ4n) is 2.19. The predicted molar refractivity (Wildman–Crippen MR) is 87.0 cm³/mol. The molecule has 0 spiro atoms. The Morgan fingerprint density at radius 3 is 2.87 bits per heavy atom. The molecule has 1 aliphatic heterocycles. The van der Waals surface area contributed by atoms with E-state index in [4.69, 9.17) is 9.47 Å². The molecule has 23 heavy (non-hydrogen) atoms. The first kappa shape index (κ1) is 15.6. The van der Waals surface area contributed by atoms with Crippen LogP contribution in [0.3, 0.4) is 0 Å². The highest BCUT2D eigenvalue weighted by molar-refractivity contribution is 7.19. The zero-order valence-corrected chi connectivity index (χ0v) is 13.3. The van der Waals surface area contributed by atoms with Gasteiger partial charge in [-0.2, -0.15) is 0 Å². The summed E-state index contributed by atoms with van der Waals surface area (Å²) in [5.41, 5.74) is 0.896. The van der Waals surface area contributed by atoms with Crippen LogP contribution in [0.2, 0.25) is 0 Å². The Kier molecular flexibility index (Phi) is 4.99. The van der Waals surface area contributed by atoms with E-state index in [2.05, 4.69) is 4.98 Å². The van der Waals surface area contributed by atoms with Gasteiger partial charge >= 0.3 is 5.97 Å². The van der Waals surface area contributed by atoms with Gasteiger partial charge in [0.15, 0.2) is 6.61 Å². The zero-order valence-electron chi connectivity index (χ0n) is 12.4. The number of ether oxygens (including phenoxy) is 2. The molecule has 6 nitrogen and oxygen atoms in total. The molecule has 0 unspecified atom stereocenters. The average Bonchev–Trinajstić information content (AvgIpc) is 3.01. The van der Waals surface area contributed by atoms with Crippen LogP contribution in [0, 0.1) is 0 Å². The lowest BCUT2D eigenvalue weighted by Gasteiger charge is -2.26. The third kappa shape index (κ3) is 4.14. The van der Waals surface area contributed by atoms with E-state index in [1.807, 2.05) is 24.3 Å². The number of benzene rings is 1. The lowest BCUT2D eigenvalue weighted by Crippen LogP contribution is -2.42. The topological polar surface area (TPSA) is 68.7 Å². The predicted octanol–water partition coefficient (Wildman–Crippen LogP) is 1.71. The third-order valence-electron chi connectivity index (χ3n) is 3.37. The molecule has 1 amide bonds. The number of carbonyl (C=O) groups excluding carboxylic acids is 2. The van der Waals surface area contributed by atoms with Gasteiger partial charge in [-0.3, -0.25) is 4.79 Å². The first-order chi connectivity index (χ1) is 11.2. The molecule has 3 rings (SSSR count). The highest BCUT2D eigenvalue weighted by atomic mass is 32.1. The van der Waals surface area contributed by atoms with Gasteiger partial charge in [-0.1, -0.05) is 12.1 Å². The number of morpholine rings is 1. The summed E-state index contributed by atoms with van der Waals surface area (Å²) >= 11 is 1.49. The lowest BCUT2D eigenvalue weighted by atomic mass is 10.3. The normalized spacial score (nSPS) is 15.2. The van der Waals surface area contributed by atoms with E-state index in [-0.39, 0.29) is 12.5 Å². The quantitative estimate of drug-likeness (QED) is 0.630. The molecule has 1 aromatic carbocycles. The number of nitrogens with zero attached hydrogens (tertiary/aromatic N) is 2. The molecule has 0 radical (unpaired) electrons. The zero-order chi connectivity index (χ0) is 16.1. The Balaban J connectivity index is 1.51. The van der Waals surface area contributed by atoms with Crippen LogP contribution in [0.15, 0.2) is 30.3 Å². The van der Waals surface area contributed by atoms with E-state index >= 15 is 0 Å². The van der Waals surface area contributed by atoms with E-state index in [9.17, 15) is 9.59 Å². The molecule has 0 N–H and O–H groups in total. The molecule has 2 heterocycles. The van der Waals surface area contributed by atoms with Crippen molar-refractivity contribution in [2.45, 2.75) is 0 Å². The summed E-state index contributed by atoms with van der Waals surface area (Å²) in [7, 11) is 0. The third-order valence-corrected chi connectivity index (χ3v) is 4.38. The summed E-state index contributed by atoms with van der Waals surface area (Å²) in [6.45, 7) is 1.88. The summed E-state index contributed by atoms with van der Waals surface area (Å²) < 4.78 is 11.2. The van der Waals surface area contributed by atoms with Crippen LogP contribution < -0.4 is 0 Å². The van der Waals surface area contributed by atoms with Crippen molar-refractivity contribution in [3.8, 4) is 0 Å². The monoisotopic (exact) mass is 332 g/mol. The summed E-state index contributed by atoms with van der Waals surface area (Å²) in [4.78, 5) is 29.6. The number of hydrogen-bond acceptors (Lipinski definition) is 6. The van der Waals surface area contributed by atoms with Crippen molar-refractivity contribution in [1.29, 1.82) is 0 Å². The largest absolute Gasteiger partial charge is 0.452 e. The van der Waals surface area contributed by atoms with Crippen molar-refractivity contribution in [2.24, 2.45) is 0 Å². The molecule has 0 atom stereocenters. The Morgan fingerprint density at radius 2 is 2.09 bits per heavy atom. The number of thiazole rings is 1. The molecule has 1 fully saturated rings. The molecule has 7 heteroatoms. The van der Waals surface area contributed by atoms with Gasteiger partial charge in [0.25, 0.3) is 5.91 Å². The van der Waals surface area contributed by atoms with E-state index < -0.39 is 5.97 Å². The number of para-hydroxylation sites is 1. The van der Waals surface area contributed by atoms with Gasteiger partial charge in [0.1, 0.15) is 5.01 Å². The molecular formula is C16H16N2O4S. The second-order valence-corrected chi connectivity index (χ2v) is 6.02. The maximum absolute atomic E-state index is 11.9. The van der Waals surface area contributed by atoms with Crippen molar-refractivity contribution in [1.82, 2.24) is 9.88 Å². The van der Waals surface area contributed by atoms with Crippen molar-refractivity contribution in [3.63, 3.8) is 0 Å². The van der Waals surface area contributed by atoms with Crippen LogP contribution in [0.1, 0.15) is 5.01 Å². The Morgan fingerprint density at radius 1 is 1.30 bits per heavy atom. The fourth-order valence-corrected chi connectivity index (χ4v) is 3.06. The molecule has 1 aromatic heterocycles. The molecule has 1 aliphatic rings. The smallest absolute Gasteiger partial charge is 0.331 e. The SMILES string of the molecule is O=C(/C=C/c1nc2ccccc2s1)OCC(=O)N1CCOCC1. The molecular weight excluding hydrogens is 316 g/mol. The highest BCUT2D eigenvalue weighted by Crippen LogP contribution is 2.22. The highest BCUT2D eigenvalue weighted by Gasteiger charge is 2.17. The van der Waals surface area contributed by atoms with Gasteiger partial charge in [-0.05, 0) is 18.2 Å².